The Kier molecular flexibility index (Phi) is 4.72. The topological polar surface area (TPSA) is 80.7 Å². The number of hydrogen-bond donors (Lipinski definition) is 1. The first-order valence-corrected chi connectivity index (χ1v) is 7.50. The minimum Gasteiger partial charge on any atom is -0.493 e. The average molecular weight is 272 g/mol. The van der Waals surface area contributed by atoms with E-state index in [1.807, 2.05) is 0 Å². The van der Waals surface area contributed by atoms with Crippen LogP contribution in [0.2, 0.25) is 0 Å². The van der Waals surface area contributed by atoms with Gasteiger partial charge >= 0.3 is 5.97 Å². The highest BCUT2D eigenvalue weighted by Gasteiger charge is 2.07. The monoisotopic (exact) mass is 272 g/mol. The van der Waals surface area contributed by atoms with Gasteiger partial charge in [0.25, 0.3) is 0 Å². The summed E-state index contributed by atoms with van der Waals surface area (Å²) >= 11 is 0. The molecule has 18 heavy (non-hydrogen) atoms. The Labute approximate surface area is 106 Å². The third-order valence-electron chi connectivity index (χ3n) is 2.35. The van der Waals surface area contributed by atoms with Gasteiger partial charge in [0.15, 0.2) is 0 Å². The molecular formula is C12H16O5S. The highest BCUT2D eigenvalue weighted by molar-refractivity contribution is 7.90. The summed E-state index contributed by atoms with van der Waals surface area (Å²) in [5, 5.41) is 8.84. The van der Waals surface area contributed by atoms with Gasteiger partial charge < -0.3 is 9.84 Å². The number of carbonyl (C=O) groups is 1. The van der Waals surface area contributed by atoms with Crippen LogP contribution in [0.4, 0.5) is 0 Å². The molecule has 0 saturated carbocycles. The van der Waals surface area contributed by atoms with Crippen molar-refractivity contribution in [3.05, 3.63) is 29.3 Å². The number of carboxylic acid groups (broad SMARTS) is 1. The maximum absolute atomic E-state index is 10.9. The second-order valence-electron chi connectivity index (χ2n) is 4.12. The molecule has 0 heterocycles. The van der Waals surface area contributed by atoms with E-state index < -0.39 is 15.8 Å². The van der Waals surface area contributed by atoms with Crippen molar-refractivity contribution >= 4 is 15.8 Å². The van der Waals surface area contributed by atoms with Crippen LogP contribution in [-0.2, 0) is 9.84 Å². The molecule has 1 aromatic rings. The van der Waals surface area contributed by atoms with Crippen LogP contribution in [0, 0.1) is 6.92 Å². The van der Waals surface area contributed by atoms with E-state index in [2.05, 4.69) is 0 Å². The number of ether oxygens (including phenoxy) is 1. The van der Waals surface area contributed by atoms with E-state index >= 15 is 0 Å². The van der Waals surface area contributed by atoms with Crippen LogP contribution in [0.3, 0.4) is 0 Å². The standard InChI is InChI=1S/C12H16O5S/c1-9-4-5-10(12(13)14)8-11(9)17-6-3-7-18(2,15)16/h4-5,8H,3,6-7H2,1-2H3,(H,13,14). The van der Waals surface area contributed by atoms with Crippen LogP contribution >= 0.6 is 0 Å². The van der Waals surface area contributed by atoms with Gasteiger partial charge in [-0.05, 0) is 31.0 Å². The maximum atomic E-state index is 10.9. The second kappa shape index (κ2) is 5.86. The Morgan fingerprint density at radius 1 is 1.39 bits per heavy atom. The summed E-state index contributed by atoms with van der Waals surface area (Å²) in [5.41, 5.74) is 0.970. The van der Waals surface area contributed by atoms with Crippen molar-refractivity contribution < 1.29 is 23.1 Å². The molecule has 0 aliphatic heterocycles. The molecule has 0 amide bonds. The maximum Gasteiger partial charge on any atom is 0.335 e. The molecule has 0 unspecified atom stereocenters. The quantitative estimate of drug-likeness (QED) is 0.794. The van der Waals surface area contributed by atoms with Gasteiger partial charge in [-0.3, -0.25) is 0 Å². The number of aromatic carboxylic acids is 1. The van der Waals surface area contributed by atoms with Crippen LogP contribution < -0.4 is 4.74 Å². The van der Waals surface area contributed by atoms with E-state index in [-0.39, 0.29) is 17.9 Å². The molecule has 1 rings (SSSR count). The number of aryl methyl sites for hydroxylation is 1. The van der Waals surface area contributed by atoms with Crippen molar-refractivity contribution in [1.82, 2.24) is 0 Å². The Bertz CT molecular complexity index is 533. The molecule has 0 aliphatic rings. The zero-order chi connectivity index (χ0) is 13.8. The summed E-state index contributed by atoms with van der Waals surface area (Å²) in [6, 6.07) is 4.61. The number of carboxylic acids is 1. The molecule has 0 aliphatic carbocycles. The lowest BCUT2D eigenvalue weighted by Gasteiger charge is -2.09. The Hall–Kier alpha value is -1.56. The van der Waals surface area contributed by atoms with E-state index in [1.54, 1.807) is 13.0 Å². The highest BCUT2D eigenvalue weighted by Crippen LogP contribution is 2.19. The third-order valence-corrected chi connectivity index (χ3v) is 3.38. The number of sulfone groups is 1. The predicted octanol–water partition coefficient (Wildman–Crippen LogP) is 1.51. The molecule has 0 radical (unpaired) electrons. The van der Waals surface area contributed by atoms with Crippen LogP contribution in [0.15, 0.2) is 18.2 Å². The average Bonchev–Trinajstić information content (AvgIpc) is 2.24. The van der Waals surface area contributed by atoms with Crippen molar-refractivity contribution in [2.75, 3.05) is 18.6 Å². The SMILES string of the molecule is Cc1ccc(C(=O)O)cc1OCCCS(C)(=O)=O. The Morgan fingerprint density at radius 2 is 2.06 bits per heavy atom. The lowest BCUT2D eigenvalue weighted by molar-refractivity contribution is 0.0696. The molecular weight excluding hydrogens is 256 g/mol. The zero-order valence-corrected chi connectivity index (χ0v) is 11.2. The summed E-state index contributed by atoms with van der Waals surface area (Å²) < 4.78 is 27.2. The minimum atomic E-state index is -2.98. The van der Waals surface area contributed by atoms with E-state index in [1.165, 1.54) is 18.4 Å². The molecule has 0 fully saturated rings. The fourth-order valence-corrected chi connectivity index (χ4v) is 2.03. The molecule has 0 spiro atoms. The smallest absolute Gasteiger partial charge is 0.335 e. The molecule has 5 nitrogen and oxygen atoms in total. The third kappa shape index (κ3) is 4.75. The summed E-state index contributed by atoms with van der Waals surface area (Å²) in [4.78, 5) is 10.8. The Balaban J connectivity index is 2.61. The van der Waals surface area contributed by atoms with Gasteiger partial charge in [0, 0.05) is 6.26 Å². The van der Waals surface area contributed by atoms with Gasteiger partial charge in [-0.25, -0.2) is 13.2 Å². The fraction of sp³-hybridized carbons (Fsp3) is 0.417. The van der Waals surface area contributed by atoms with Gasteiger partial charge in [-0.2, -0.15) is 0 Å². The van der Waals surface area contributed by atoms with Crippen LogP contribution in [0.1, 0.15) is 22.3 Å². The van der Waals surface area contributed by atoms with E-state index in [0.717, 1.165) is 5.56 Å². The molecule has 1 N–H and O–H groups in total. The lowest BCUT2D eigenvalue weighted by atomic mass is 10.1. The van der Waals surface area contributed by atoms with Gasteiger partial charge in [-0.15, -0.1) is 0 Å². The van der Waals surface area contributed by atoms with Crippen molar-refractivity contribution in [2.24, 2.45) is 0 Å². The van der Waals surface area contributed by atoms with Gasteiger partial charge in [0.05, 0.1) is 17.9 Å². The van der Waals surface area contributed by atoms with E-state index in [0.29, 0.717) is 12.2 Å². The number of benzene rings is 1. The molecule has 6 heteroatoms. The zero-order valence-electron chi connectivity index (χ0n) is 10.3. The largest absolute Gasteiger partial charge is 0.493 e. The van der Waals surface area contributed by atoms with E-state index in [9.17, 15) is 13.2 Å². The van der Waals surface area contributed by atoms with Crippen LogP contribution in [-0.4, -0.2) is 38.1 Å². The van der Waals surface area contributed by atoms with Crippen LogP contribution in [0.25, 0.3) is 0 Å². The highest BCUT2D eigenvalue weighted by atomic mass is 32.2. The normalized spacial score (nSPS) is 11.2. The second-order valence-corrected chi connectivity index (χ2v) is 6.38. The summed E-state index contributed by atoms with van der Waals surface area (Å²) in [5.74, 6) is -0.482. The van der Waals surface area contributed by atoms with Crippen molar-refractivity contribution in [2.45, 2.75) is 13.3 Å². The number of rotatable bonds is 6. The fourth-order valence-electron chi connectivity index (χ4n) is 1.39. The first-order valence-electron chi connectivity index (χ1n) is 5.44. The Morgan fingerprint density at radius 3 is 2.61 bits per heavy atom. The summed E-state index contributed by atoms with van der Waals surface area (Å²) in [7, 11) is -2.98. The first kappa shape index (κ1) is 14.5. The predicted molar refractivity (Wildman–Crippen MR) is 68.0 cm³/mol. The first-order chi connectivity index (χ1) is 8.29. The van der Waals surface area contributed by atoms with Crippen molar-refractivity contribution in [1.29, 1.82) is 0 Å². The van der Waals surface area contributed by atoms with E-state index in [4.69, 9.17) is 9.84 Å². The van der Waals surface area contributed by atoms with Gasteiger partial charge in [-0.1, -0.05) is 6.07 Å². The van der Waals surface area contributed by atoms with Gasteiger partial charge in [0.2, 0.25) is 0 Å². The molecule has 1 aromatic carbocycles. The number of hydrogen-bond acceptors (Lipinski definition) is 4. The van der Waals surface area contributed by atoms with Crippen molar-refractivity contribution in [3.63, 3.8) is 0 Å². The minimum absolute atomic E-state index is 0.0602. The summed E-state index contributed by atoms with van der Waals surface area (Å²) in [6.45, 7) is 2.05. The summed E-state index contributed by atoms with van der Waals surface area (Å²) in [6.07, 6.45) is 1.55. The molecule has 0 bridgehead atoms. The van der Waals surface area contributed by atoms with Crippen LogP contribution in [0.5, 0.6) is 5.75 Å². The lowest BCUT2D eigenvalue weighted by Crippen LogP contribution is -2.08. The molecule has 0 atom stereocenters. The van der Waals surface area contributed by atoms with Gasteiger partial charge in [0.1, 0.15) is 15.6 Å². The molecule has 100 valence electrons. The molecule has 0 saturated heterocycles. The molecule has 0 aromatic heterocycles. The van der Waals surface area contributed by atoms with Crippen molar-refractivity contribution in [3.8, 4) is 5.75 Å².